The third kappa shape index (κ3) is 2.97. The molecule has 0 aliphatic carbocycles. The molecular weight excluding hydrogens is 352 g/mol. The van der Waals surface area contributed by atoms with E-state index in [0.29, 0.717) is 22.5 Å². The molecule has 28 heavy (non-hydrogen) atoms. The van der Waals surface area contributed by atoms with Crippen LogP contribution < -0.4 is 10.2 Å². The number of nitrogens with one attached hydrogen (secondary N) is 1. The van der Waals surface area contributed by atoms with Crippen molar-refractivity contribution in [1.29, 1.82) is 0 Å². The van der Waals surface area contributed by atoms with Crippen LogP contribution in [0, 0.1) is 13.8 Å². The molecule has 0 saturated carbocycles. The highest BCUT2D eigenvalue weighted by Crippen LogP contribution is 2.31. The van der Waals surface area contributed by atoms with Crippen molar-refractivity contribution in [1.82, 2.24) is 0 Å². The molecule has 1 N–H and O–H groups in total. The number of anilines is 2. The van der Waals surface area contributed by atoms with E-state index in [0.717, 1.165) is 11.1 Å². The molecule has 0 unspecified atom stereocenters. The summed E-state index contributed by atoms with van der Waals surface area (Å²) in [6, 6.07) is 19.2. The molecule has 3 aromatic rings. The quantitative estimate of drug-likeness (QED) is 0.697. The molecule has 0 bridgehead atoms. The van der Waals surface area contributed by atoms with Crippen molar-refractivity contribution < 1.29 is 14.4 Å². The molecule has 1 heterocycles. The Morgan fingerprint density at radius 3 is 2.21 bits per heavy atom. The van der Waals surface area contributed by atoms with Crippen molar-refractivity contribution >= 4 is 29.1 Å². The Kier molecular flexibility index (Phi) is 4.28. The minimum atomic E-state index is -0.417. The van der Waals surface area contributed by atoms with Gasteiger partial charge in [-0.05, 0) is 55.8 Å². The summed E-state index contributed by atoms with van der Waals surface area (Å²) in [5.41, 5.74) is 4.02. The second-order valence-electron chi connectivity index (χ2n) is 6.81. The van der Waals surface area contributed by atoms with Crippen molar-refractivity contribution in [2.45, 2.75) is 13.8 Å². The van der Waals surface area contributed by atoms with E-state index < -0.39 is 5.91 Å². The predicted molar refractivity (Wildman–Crippen MR) is 108 cm³/mol. The molecule has 1 aliphatic heterocycles. The van der Waals surface area contributed by atoms with Crippen molar-refractivity contribution in [3.63, 3.8) is 0 Å². The summed E-state index contributed by atoms with van der Waals surface area (Å²) in [6.07, 6.45) is 0. The maximum atomic E-state index is 12.9. The minimum absolute atomic E-state index is 0.241. The average Bonchev–Trinajstić information content (AvgIpc) is 2.94. The lowest BCUT2D eigenvalue weighted by Crippen LogP contribution is -2.29. The molecule has 4 rings (SSSR count). The van der Waals surface area contributed by atoms with Gasteiger partial charge in [0, 0.05) is 11.3 Å². The summed E-state index contributed by atoms with van der Waals surface area (Å²) in [5.74, 6) is -1.12. The predicted octanol–water partition coefficient (Wildman–Crippen LogP) is 4.36. The summed E-state index contributed by atoms with van der Waals surface area (Å²) in [5, 5.41) is 2.81. The largest absolute Gasteiger partial charge is 0.322 e. The molecule has 0 fully saturated rings. The average molecular weight is 370 g/mol. The van der Waals surface area contributed by atoms with Gasteiger partial charge in [-0.3, -0.25) is 14.4 Å². The zero-order valence-electron chi connectivity index (χ0n) is 15.5. The van der Waals surface area contributed by atoms with Crippen molar-refractivity contribution in [2.24, 2.45) is 0 Å². The van der Waals surface area contributed by atoms with Gasteiger partial charge in [-0.2, -0.15) is 0 Å². The number of aryl methyl sites for hydroxylation is 2. The zero-order valence-corrected chi connectivity index (χ0v) is 15.5. The summed E-state index contributed by atoms with van der Waals surface area (Å²) >= 11 is 0. The maximum absolute atomic E-state index is 12.9. The highest BCUT2D eigenvalue weighted by molar-refractivity contribution is 6.35. The monoisotopic (exact) mass is 370 g/mol. The minimum Gasteiger partial charge on any atom is -0.322 e. The van der Waals surface area contributed by atoms with Crippen LogP contribution in [0.25, 0.3) is 0 Å². The molecule has 0 saturated heterocycles. The number of hydrogen-bond acceptors (Lipinski definition) is 3. The van der Waals surface area contributed by atoms with Gasteiger partial charge >= 0.3 is 0 Å². The second kappa shape index (κ2) is 6.78. The number of carbonyl (C=O) groups excluding carboxylic acids is 3. The van der Waals surface area contributed by atoms with Crippen LogP contribution in [0.15, 0.2) is 66.7 Å². The Labute approximate surface area is 162 Å². The SMILES string of the molecule is Cc1ccc(NC(=O)c2ccc3c(c2)C(=O)N(c2ccccc2C)C3=O)cc1. The highest BCUT2D eigenvalue weighted by Gasteiger charge is 2.37. The molecule has 3 aromatic carbocycles. The molecular formula is C23H18N2O3. The van der Waals surface area contributed by atoms with Crippen molar-refractivity contribution in [3.05, 3.63) is 94.5 Å². The molecule has 1 aliphatic rings. The Balaban J connectivity index is 1.64. The van der Waals surface area contributed by atoms with Crippen LogP contribution in [-0.2, 0) is 0 Å². The van der Waals surface area contributed by atoms with Crippen LogP contribution in [0.3, 0.4) is 0 Å². The summed E-state index contributed by atoms with van der Waals surface area (Å²) < 4.78 is 0. The molecule has 0 atom stereocenters. The first kappa shape index (κ1) is 17.7. The first-order chi connectivity index (χ1) is 13.5. The smallest absolute Gasteiger partial charge is 0.266 e. The number of rotatable bonds is 3. The number of hydrogen-bond donors (Lipinski definition) is 1. The lowest BCUT2D eigenvalue weighted by atomic mass is 10.1. The maximum Gasteiger partial charge on any atom is 0.266 e. The van der Waals surface area contributed by atoms with Crippen molar-refractivity contribution in [2.75, 3.05) is 10.2 Å². The van der Waals surface area contributed by atoms with Crippen molar-refractivity contribution in [3.8, 4) is 0 Å². The standard InChI is InChI=1S/C23H18N2O3/c1-14-7-10-17(11-8-14)24-21(26)16-9-12-18-19(13-16)23(28)25(22(18)27)20-6-4-3-5-15(20)2/h3-13H,1-2H3,(H,24,26). The van der Waals surface area contributed by atoms with Gasteiger partial charge in [-0.1, -0.05) is 35.9 Å². The number of para-hydroxylation sites is 1. The molecule has 0 aromatic heterocycles. The van der Waals surface area contributed by atoms with E-state index in [1.54, 1.807) is 18.2 Å². The fourth-order valence-electron chi connectivity index (χ4n) is 3.26. The fourth-order valence-corrected chi connectivity index (χ4v) is 3.26. The van der Waals surface area contributed by atoms with E-state index in [9.17, 15) is 14.4 Å². The number of carbonyl (C=O) groups is 3. The Morgan fingerprint density at radius 1 is 0.821 bits per heavy atom. The lowest BCUT2D eigenvalue weighted by Gasteiger charge is -2.16. The van der Waals surface area contributed by atoms with Crippen LogP contribution >= 0.6 is 0 Å². The Bertz CT molecular complexity index is 1120. The van der Waals surface area contributed by atoms with Gasteiger partial charge in [0.15, 0.2) is 0 Å². The van der Waals surface area contributed by atoms with E-state index in [2.05, 4.69) is 5.32 Å². The number of fused-ring (bicyclic) bond motifs is 1. The van der Waals surface area contributed by atoms with Crippen LogP contribution in [0.4, 0.5) is 11.4 Å². The normalized spacial score (nSPS) is 12.9. The highest BCUT2D eigenvalue weighted by atomic mass is 16.2. The fraction of sp³-hybridized carbons (Fsp3) is 0.0870. The lowest BCUT2D eigenvalue weighted by molar-refractivity contribution is 0.0925. The van der Waals surface area contributed by atoms with Gasteiger partial charge in [0.25, 0.3) is 17.7 Å². The molecule has 5 nitrogen and oxygen atoms in total. The van der Waals surface area contributed by atoms with Gasteiger partial charge in [-0.25, -0.2) is 4.90 Å². The van der Waals surface area contributed by atoms with Gasteiger partial charge < -0.3 is 5.32 Å². The topological polar surface area (TPSA) is 66.5 Å². The number of nitrogens with zero attached hydrogens (tertiary/aromatic N) is 1. The summed E-state index contributed by atoms with van der Waals surface area (Å²) in [7, 11) is 0. The number of amides is 3. The molecule has 0 radical (unpaired) electrons. The number of imide groups is 1. The van der Waals surface area contributed by atoms with E-state index in [1.807, 2.05) is 50.2 Å². The zero-order chi connectivity index (χ0) is 19.8. The van der Waals surface area contributed by atoms with Gasteiger partial charge in [0.1, 0.15) is 0 Å². The van der Waals surface area contributed by atoms with E-state index in [4.69, 9.17) is 0 Å². The van der Waals surface area contributed by atoms with E-state index in [-0.39, 0.29) is 17.4 Å². The second-order valence-corrected chi connectivity index (χ2v) is 6.81. The number of benzene rings is 3. The first-order valence-corrected chi connectivity index (χ1v) is 8.92. The molecule has 3 amide bonds. The summed E-state index contributed by atoms with van der Waals surface area (Å²) in [6.45, 7) is 3.81. The van der Waals surface area contributed by atoms with Crippen LogP contribution in [-0.4, -0.2) is 17.7 Å². The van der Waals surface area contributed by atoms with E-state index in [1.165, 1.54) is 17.0 Å². The van der Waals surface area contributed by atoms with Crippen LogP contribution in [0.2, 0.25) is 0 Å². The molecule has 5 heteroatoms. The van der Waals surface area contributed by atoms with E-state index >= 15 is 0 Å². The molecule has 138 valence electrons. The molecule has 0 spiro atoms. The third-order valence-corrected chi connectivity index (χ3v) is 4.81. The summed E-state index contributed by atoms with van der Waals surface area (Å²) in [4.78, 5) is 39.4. The van der Waals surface area contributed by atoms with Gasteiger partial charge in [0.05, 0.1) is 16.8 Å². The first-order valence-electron chi connectivity index (χ1n) is 8.92. The van der Waals surface area contributed by atoms with Crippen LogP contribution in [0.1, 0.15) is 42.2 Å². The van der Waals surface area contributed by atoms with Crippen LogP contribution in [0.5, 0.6) is 0 Å². The third-order valence-electron chi connectivity index (χ3n) is 4.81. The Hall–Kier alpha value is -3.73. The van der Waals surface area contributed by atoms with Gasteiger partial charge in [0.2, 0.25) is 0 Å². The Morgan fingerprint density at radius 2 is 1.50 bits per heavy atom. The van der Waals surface area contributed by atoms with Gasteiger partial charge in [-0.15, -0.1) is 0 Å².